The molecule has 1 aromatic rings. The predicted molar refractivity (Wildman–Crippen MR) is 90.4 cm³/mol. The molecule has 1 aromatic heterocycles. The molecule has 0 spiro atoms. The van der Waals surface area contributed by atoms with Gasteiger partial charge in [0.1, 0.15) is 4.21 Å². The molecule has 1 aliphatic heterocycles. The Bertz CT molecular complexity index is 601. The average Bonchev–Trinajstić information content (AvgIpc) is 2.92. The van der Waals surface area contributed by atoms with E-state index in [0.29, 0.717) is 4.34 Å². The number of carbonyl (C=O) groups excluding carboxylic acids is 1. The molecular weight excluding hydrogens is 369 g/mol. The van der Waals surface area contributed by atoms with Crippen LogP contribution in [0.5, 0.6) is 0 Å². The van der Waals surface area contributed by atoms with Gasteiger partial charge in [-0.25, -0.2) is 13.1 Å². The number of halogens is 2. The largest absolute Gasteiger partial charge is 0.342 e. The summed E-state index contributed by atoms with van der Waals surface area (Å²) in [6, 6.07) is 3.11. The second kappa shape index (κ2) is 8.47. The van der Waals surface area contributed by atoms with E-state index in [1.807, 2.05) is 0 Å². The first kappa shape index (κ1) is 19.7. The molecule has 0 aliphatic carbocycles. The summed E-state index contributed by atoms with van der Waals surface area (Å²) >= 11 is 6.69. The molecule has 0 saturated carbocycles. The van der Waals surface area contributed by atoms with Crippen molar-refractivity contribution in [2.24, 2.45) is 0 Å². The van der Waals surface area contributed by atoms with Crippen LogP contribution in [-0.4, -0.2) is 51.9 Å². The number of rotatable bonds is 5. The number of amides is 1. The molecule has 2 heterocycles. The van der Waals surface area contributed by atoms with Gasteiger partial charge in [0.2, 0.25) is 5.91 Å². The molecule has 2 N–H and O–H groups in total. The standard InChI is InChI=1S/C12H18ClN3O3S2.ClH/c1-16(9-4-6-14-7-5-9)11(17)8-15-21(18,19)12-3-2-10(13)20-12;/h2-3,9,14-15H,4-8H2,1H3;1H. The van der Waals surface area contributed by atoms with Crippen molar-refractivity contribution in [3.8, 4) is 0 Å². The van der Waals surface area contributed by atoms with Crippen molar-refractivity contribution in [1.29, 1.82) is 0 Å². The maximum atomic E-state index is 12.1. The van der Waals surface area contributed by atoms with Crippen molar-refractivity contribution >= 4 is 51.3 Å². The molecule has 1 saturated heterocycles. The average molecular weight is 388 g/mol. The number of sulfonamides is 1. The molecule has 0 radical (unpaired) electrons. The zero-order valence-electron chi connectivity index (χ0n) is 12.0. The maximum Gasteiger partial charge on any atom is 0.250 e. The fourth-order valence-corrected chi connectivity index (χ4v) is 4.69. The van der Waals surface area contributed by atoms with E-state index in [-0.39, 0.29) is 35.1 Å². The molecule has 2 rings (SSSR count). The summed E-state index contributed by atoms with van der Waals surface area (Å²) in [5, 5.41) is 3.23. The van der Waals surface area contributed by atoms with Gasteiger partial charge in [-0.15, -0.1) is 23.7 Å². The minimum Gasteiger partial charge on any atom is -0.342 e. The van der Waals surface area contributed by atoms with E-state index in [1.54, 1.807) is 11.9 Å². The second-order valence-corrected chi connectivity index (χ2v) is 8.58. The van der Waals surface area contributed by atoms with Crippen molar-refractivity contribution < 1.29 is 13.2 Å². The van der Waals surface area contributed by atoms with Crippen molar-refractivity contribution in [2.45, 2.75) is 23.1 Å². The van der Waals surface area contributed by atoms with Crippen LogP contribution in [0.1, 0.15) is 12.8 Å². The van der Waals surface area contributed by atoms with Gasteiger partial charge in [0.25, 0.3) is 10.0 Å². The Labute approximate surface area is 145 Å². The van der Waals surface area contributed by atoms with E-state index in [2.05, 4.69) is 10.0 Å². The van der Waals surface area contributed by atoms with Gasteiger partial charge >= 0.3 is 0 Å². The van der Waals surface area contributed by atoms with Gasteiger partial charge in [0.15, 0.2) is 0 Å². The first-order valence-corrected chi connectivity index (χ1v) is 9.29. The third kappa shape index (κ3) is 5.07. The lowest BCUT2D eigenvalue weighted by Crippen LogP contribution is -2.47. The van der Waals surface area contributed by atoms with Crippen LogP contribution in [0, 0.1) is 0 Å². The highest BCUT2D eigenvalue weighted by Crippen LogP contribution is 2.25. The Balaban J connectivity index is 0.00000242. The minimum absolute atomic E-state index is 0. The molecule has 1 aliphatic rings. The lowest BCUT2D eigenvalue weighted by atomic mass is 10.1. The van der Waals surface area contributed by atoms with Crippen LogP contribution in [-0.2, 0) is 14.8 Å². The number of hydrogen-bond donors (Lipinski definition) is 2. The first-order valence-electron chi connectivity index (χ1n) is 6.61. The van der Waals surface area contributed by atoms with Gasteiger partial charge in [-0.05, 0) is 38.1 Å². The highest BCUT2D eigenvalue weighted by Gasteiger charge is 2.24. The smallest absolute Gasteiger partial charge is 0.250 e. The lowest BCUT2D eigenvalue weighted by molar-refractivity contribution is -0.131. The molecule has 0 aromatic carbocycles. The Morgan fingerprint density at radius 2 is 2.09 bits per heavy atom. The van der Waals surface area contributed by atoms with Gasteiger partial charge in [-0.2, -0.15) is 0 Å². The SMILES string of the molecule is CN(C(=O)CNS(=O)(=O)c1ccc(Cl)s1)C1CCNCC1.Cl. The zero-order chi connectivity index (χ0) is 15.5. The van der Waals surface area contributed by atoms with Crippen LogP contribution < -0.4 is 10.0 Å². The lowest BCUT2D eigenvalue weighted by Gasteiger charge is -2.31. The summed E-state index contributed by atoms with van der Waals surface area (Å²) in [4.78, 5) is 13.7. The first-order chi connectivity index (χ1) is 9.90. The highest BCUT2D eigenvalue weighted by molar-refractivity contribution is 7.91. The molecule has 126 valence electrons. The fraction of sp³-hybridized carbons (Fsp3) is 0.583. The summed E-state index contributed by atoms with van der Waals surface area (Å²) in [5.74, 6) is -0.229. The Hall–Kier alpha value is -0.380. The number of thiophene rings is 1. The Morgan fingerprint density at radius 1 is 1.45 bits per heavy atom. The van der Waals surface area contributed by atoms with Crippen LogP contribution >= 0.6 is 35.3 Å². The van der Waals surface area contributed by atoms with Gasteiger partial charge < -0.3 is 10.2 Å². The van der Waals surface area contributed by atoms with Gasteiger partial charge in [-0.3, -0.25) is 4.79 Å². The normalized spacial score (nSPS) is 16.1. The number of piperidine rings is 1. The van der Waals surface area contributed by atoms with E-state index >= 15 is 0 Å². The minimum atomic E-state index is -3.67. The van der Waals surface area contributed by atoms with Crippen LogP contribution in [0.3, 0.4) is 0 Å². The molecule has 22 heavy (non-hydrogen) atoms. The second-order valence-electron chi connectivity index (χ2n) is 4.87. The summed E-state index contributed by atoms with van der Waals surface area (Å²) in [6.07, 6.45) is 1.77. The van der Waals surface area contributed by atoms with Crippen molar-refractivity contribution in [3.05, 3.63) is 16.5 Å². The molecule has 0 atom stereocenters. The fourth-order valence-electron chi connectivity index (χ4n) is 2.19. The molecule has 10 heteroatoms. The van der Waals surface area contributed by atoms with Crippen LogP contribution in [0.25, 0.3) is 0 Å². The Morgan fingerprint density at radius 3 is 2.64 bits per heavy atom. The van der Waals surface area contributed by atoms with Crippen LogP contribution in [0.15, 0.2) is 16.3 Å². The number of nitrogens with one attached hydrogen (secondary N) is 2. The number of hydrogen-bond acceptors (Lipinski definition) is 5. The van der Waals surface area contributed by atoms with Gasteiger partial charge in [0, 0.05) is 13.1 Å². The van der Waals surface area contributed by atoms with Crippen molar-refractivity contribution in [2.75, 3.05) is 26.7 Å². The van der Waals surface area contributed by atoms with E-state index in [9.17, 15) is 13.2 Å². The monoisotopic (exact) mass is 387 g/mol. The quantitative estimate of drug-likeness (QED) is 0.798. The molecule has 0 bridgehead atoms. The number of carbonyl (C=O) groups is 1. The maximum absolute atomic E-state index is 12.1. The van der Waals surface area contributed by atoms with Gasteiger partial charge in [0.05, 0.1) is 10.9 Å². The van der Waals surface area contributed by atoms with E-state index in [0.717, 1.165) is 37.3 Å². The Kier molecular flexibility index (Phi) is 7.57. The van der Waals surface area contributed by atoms with E-state index in [1.165, 1.54) is 12.1 Å². The highest BCUT2D eigenvalue weighted by atomic mass is 35.5. The molecule has 6 nitrogen and oxygen atoms in total. The zero-order valence-corrected chi connectivity index (χ0v) is 15.2. The van der Waals surface area contributed by atoms with Crippen LogP contribution in [0.2, 0.25) is 4.34 Å². The molecule has 0 unspecified atom stereocenters. The van der Waals surface area contributed by atoms with Crippen molar-refractivity contribution in [3.63, 3.8) is 0 Å². The van der Waals surface area contributed by atoms with Crippen molar-refractivity contribution in [1.82, 2.24) is 14.9 Å². The third-order valence-electron chi connectivity index (χ3n) is 3.48. The summed E-state index contributed by atoms with van der Waals surface area (Å²) in [6.45, 7) is 1.52. The topological polar surface area (TPSA) is 78.5 Å². The van der Waals surface area contributed by atoms with Gasteiger partial charge in [-0.1, -0.05) is 11.6 Å². The molecule has 1 fully saturated rings. The van der Waals surface area contributed by atoms with Crippen LogP contribution in [0.4, 0.5) is 0 Å². The molecular formula is C12H19Cl2N3O3S2. The third-order valence-corrected chi connectivity index (χ3v) is 6.60. The summed E-state index contributed by atoms with van der Waals surface area (Å²) < 4.78 is 26.9. The van der Waals surface area contributed by atoms with E-state index < -0.39 is 10.0 Å². The number of likely N-dealkylation sites (N-methyl/N-ethyl adjacent to an activating group) is 1. The molecule has 1 amide bonds. The number of nitrogens with zero attached hydrogens (tertiary/aromatic N) is 1. The summed E-state index contributed by atoms with van der Waals surface area (Å²) in [5.41, 5.74) is 0. The summed E-state index contributed by atoms with van der Waals surface area (Å²) in [7, 11) is -1.96. The van der Waals surface area contributed by atoms with E-state index in [4.69, 9.17) is 11.6 Å². The predicted octanol–water partition coefficient (Wildman–Crippen LogP) is 1.31.